The summed E-state index contributed by atoms with van der Waals surface area (Å²) in [5.41, 5.74) is 3.62. The first kappa shape index (κ1) is 21.3. The zero-order chi connectivity index (χ0) is 19.3. The standard InChI is InChI=1S/C21H25Cl2NOS/c1-13-7-10-16(11-8-13)26-19(24)12-9-14(2)20(15(3)25)21-17(22)5-4-6-18(21)23/h5,7,10,24H,4,6,8-9,11-12H2,1-3H3/b20-14-,24-19?. The Bertz CT molecular complexity index is 769. The van der Waals surface area contributed by atoms with Gasteiger partial charge in [0.25, 0.3) is 0 Å². The Morgan fingerprint density at radius 3 is 2.46 bits per heavy atom. The van der Waals surface area contributed by atoms with E-state index in [1.165, 1.54) is 22.2 Å². The monoisotopic (exact) mass is 409 g/mol. The highest BCUT2D eigenvalue weighted by atomic mass is 35.5. The van der Waals surface area contributed by atoms with Crippen molar-refractivity contribution >= 4 is 45.8 Å². The Morgan fingerprint density at radius 2 is 1.88 bits per heavy atom. The van der Waals surface area contributed by atoms with Crippen molar-refractivity contribution in [2.45, 2.75) is 59.3 Å². The quantitative estimate of drug-likeness (QED) is 0.281. The zero-order valence-corrected chi connectivity index (χ0v) is 17.9. The molecule has 2 aliphatic rings. The first-order chi connectivity index (χ1) is 12.3. The predicted molar refractivity (Wildman–Crippen MR) is 115 cm³/mol. The molecule has 5 heteroatoms. The van der Waals surface area contributed by atoms with E-state index in [4.69, 9.17) is 28.6 Å². The van der Waals surface area contributed by atoms with Crippen LogP contribution in [0.5, 0.6) is 0 Å². The fraction of sp³-hybridized carbons (Fsp3) is 0.429. The van der Waals surface area contributed by atoms with E-state index < -0.39 is 0 Å². The highest BCUT2D eigenvalue weighted by Crippen LogP contribution is 2.37. The lowest BCUT2D eigenvalue weighted by Gasteiger charge is -2.19. The van der Waals surface area contributed by atoms with Crippen LogP contribution < -0.4 is 0 Å². The maximum Gasteiger partial charge on any atom is 0.160 e. The van der Waals surface area contributed by atoms with Crippen molar-refractivity contribution < 1.29 is 4.79 Å². The molecule has 140 valence electrons. The minimum Gasteiger partial charge on any atom is -0.298 e. The third-order valence-electron chi connectivity index (χ3n) is 4.53. The summed E-state index contributed by atoms with van der Waals surface area (Å²) in [5.74, 6) is -0.0288. The molecule has 2 nitrogen and oxygen atoms in total. The van der Waals surface area contributed by atoms with E-state index in [1.807, 2.05) is 13.0 Å². The van der Waals surface area contributed by atoms with Gasteiger partial charge >= 0.3 is 0 Å². The number of Topliss-reactive ketones (excluding diaryl/α,β-unsaturated/α-hetero) is 1. The van der Waals surface area contributed by atoms with Crippen molar-refractivity contribution in [2.24, 2.45) is 0 Å². The molecule has 0 aromatic heterocycles. The Balaban J connectivity index is 2.09. The van der Waals surface area contributed by atoms with Gasteiger partial charge in [-0.1, -0.05) is 64.3 Å². The smallest absolute Gasteiger partial charge is 0.160 e. The number of rotatable bonds is 6. The predicted octanol–water partition coefficient (Wildman–Crippen LogP) is 7.42. The molecule has 2 rings (SSSR count). The van der Waals surface area contributed by atoms with Crippen LogP contribution in [0.15, 0.2) is 55.5 Å². The van der Waals surface area contributed by atoms with Crippen LogP contribution in [-0.2, 0) is 4.79 Å². The molecule has 0 atom stereocenters. The summed E-state index contributed by atoms with van der Waals surface area (Å²) >= 11 is 14.2. The molecule has 0 saturated heterocycles. The number of carbonyl (C=O) groups excluding carboxylic acids is 1. The Hall–Kier alpha value is -1.03. The molecule has 0 unspecified atom stereocenters. The van der Waals surface area contributed by atoms with Gasteiger partial charge in [-0.15, -0.1) is 0 Å². The van der Waals surface area contributed by atoms with E-state index in [-0.39, 0.29) is 5.78 Å². The van der Waals surface area contributed by atoms with Gasteiger partial charge in [0.2, 0.25) is 0 Å². The average Bonchev–Trinajstić information content (AvgIpc) is 2.58. The minimum atomic E-state index is -0.0288. The molecule has 26 heavy (non-hydrogen) atoms. The van der Waals surface area contributed by atoms with Crippen LogP contribution in [0.25, 0.3) is 0 Å². The SMILES string of the molecule is CC(=O)/C(C1=C(Cl)CCC=C1Cl)=C(\C)CCC(=N)SC1=CC=C(C)CC1. The molecule has 0 spiro atoms. The van der Waals surface area contributed by atoms with Crippen LogP contribution in [0, 0.1) is 5.41 Å². The summed E-state index contributed by atoms with van der Waals surface area (Å²) in [6.07, 6.45) is 11.0. The summed E-state index contributed by atoms with van der Waals surface area (Å²) in [6.45, 7) is 5.62. The fourth-order valence-electron chi connectivity index (χ4n) is 3.07. The van der Waals surface area contributed by atoms with Gasteiger partial charge in [0.15, 0.2) is 5.78 Å². The molecule has 1 N–H and O–H groups in total. The van der Waals surface area contributed by atoms with Crippen molar-refractivity contribution in [3.05, 3.63) is 55.5 Å². The zero-order valence-electron chi connectivity index (χ0n) is 15.5. The van der Waals surface area contributed by atoms with E-state index in [0.29, 0.717) is 45.5 Å². The molecule has 0 fully saturated rings. The van der Waals surface area contributed by atoms with E-state index in [9.17, 15) is 4.79 Å². The van der Waals surface area contributed by atoms with E-state index in [2.05, 4.69) is 19.1 Å². The van der Waals surface area contributed by atoms with Crippen LogP contribution in [0.4, 0.5) is 0 Å². The normalized spacial score (nSPS) is 18.7. The van der Waals surface area contributed by atoms with Crippen LogP contribution in [0.3, 0.4) is 0 Å². The Morgan fingerprint density at radius 1 is 1.15 bits per heavy atom. The number of nitrogens with one attached hydrogen (secondary N) is 1. The molecule has 2 aliphatic carbocycles. The van der Waals surface area contributed by atoms with Gasteiger partial charge < -0.3 is 0 Å². The number of hydrogen-bond donors (Lipinski definition) is 1. The van der Waals surface area contributed by atoms with Crippen molar-refractivity contribution in [3.63, 3.8) is 0 Å². The highest BCUT2D eigenvalue weighted by Gasteiger charge is 2.22. The summed E-state index contributed by atoms with van der Waals surface area (Å²) < 4.78 is 0. The van der Waals surface area contributed by atoms with E-state index in [0.717, 1.165) is 24.8 Å². The highest BCUT2D eigenvalue weighted by molar-refractivity contribution is 8.17. The second kappa shape index (κ2) is 9.77. The number of ketones is 1. The van der Waals surface area contributed by atoms with Gasteiger partial charge in [0, 0.05) is 21.2 Å². The third-order valence-corrected chi connectivity index (χ3v) is 6.30. The van der Waals surface area contributed by atoms with Gasteiger partial charge in [-0.2, -0.15) is 0 Å². The van der Waals surface area contributed by atoms with Gasteiger partial charge in [-0.05, 0) is 64.2 Å². The lowest BCUT2D eigenvalue weighted by atomic mass is 9.91. The molecular weight excluding hydrogens is 385 g/mol. The van der Waals surface area contributed by atoms with Gasteiger partial charge in [-0.3, -0.25) is 10.2 Å². The minimum absolute atomic E-state index is 0.0288. The summed E-state index contributed by atoms with van der Waals surface area (Å²) in [7, 11) is 0. The lowest BCUT2D eigenvalue weighted by molar-refractivity contribution is -0.113. The summed E-state index contributed by atoms with van der Waals surface area (Å²) in [4.78, 5) is 13.5. The maximum atomic E-state index is 12.3. The fourth-order valence-corrected chi connectivity index (χ4v) is 4.60. The largest absolute Gasteiger partial charge is 0.298 e. The van der Waals surface area contributed by atoms with Crippen LogP contribution in [0.2, 0.25) is 0 Å². The number of allylic oxidation sites excluding steroid dienone is 10. The second-order valence-corrected chi connectivity index (χ2v) is 8.84. The first-order valence-corrected chi connectivity index (χ1v) is 10.4. The summed E-state index contributed by atoms with van der Waals surface area (Å²) in [6, 6.07) is 0. The number of hydrogen-bond acceptors (Lipinski definition) is 3. The van der Waals surface area contributed by atoms with Crippen LogP contribution in [-0.4, -0.2) is 10.8 Å². The lowest BCUT2D eigenvalue weighted by Crippen LogP contribution is -2.08. The molecule has 0 aromatic rings. The molecule has 0 aliphatic heterocycles. The molecule has 0 heterocycles. The number of carbonyl (C=O) groups is 1. The van der Waals surface area contributed by atoms with Crippen LogP contribution in [0.1, 0.15) is 59.3 Å². The Kier molecular flexibility index (Phi) is 8.00. The second-order valence-electron chi connectivity index (χ2n) is 6.75. The van der Waals surface area contributed by atoms with E-state index >= 15 is 0 Å². The van der Waals surface area contributed by atoms with E-state index in [1.54, 1.807) is 6.92 Å². The average molecular weight is 410 g/mol. The summed E-state index contributed by atoms with van der Waals surface area (Å²) in [5, 5.41) is 10.1. The van der Waals surface area contributed by atoms with Crippen molar-refractivity contribution in [1.82, 2.24) is 0 Å². The maximum absolute atomic E-state index is 12.3. The van der Waals surface area contributed by atoms with Crippen molar-refractivity contribution in [1.29, 1.82) is 5.41 Å². The van der Waals surface area contributed by atoms with Gasteiger partial charge in [-0.25, -0.2) is 0 Å². The van der Waals surface area contributed by atoms with Gasteiger partial charge in [0.05, 0.1) is 5.04 Å². The molecule has 0 aromatic carbocycles. The molecular formula is C21H25Cl2NOS. The first-order valence-electron chi connectivity index (χ1n) is 8.87. The molecule has 0 amide bonds. The number of thioether (sulfide) groups is 1. The topological polar surface area (TPSA) is 40.9 Å². The van der Waals surface area contributed by atoms with Crippen LogP contribution >= 0.6 is 35.0 Å². The van der Waals surface area contributed by atoms with Crippen molar-refractivity contribution in [2.75, 3.05) is 0 Å². The Labute approximate surface area is 170 Å². The van der Waals surface area contributed by atoms with Gasteiger partial charge in [0.1, 0.15) is 0 Å². The molecule has 0 radical (unpaired) electrons. The molecule has 0 saturated carbocycles. The van der Waals surface area contributed by atoms with Crippen molar-refractivity contribution in [3.8, 4) is 0 Å². The molecule has 0 bridgehead atoms. The number of halogens is 2. The third kappa shape index (κ3) is 5.73.